The number of carbonyl (C=O) groups excluding carboxylic acids is 1. The highest BCUT2D eigenvalue weighted by Crippen LogP contribution is 2.30. The Morgan fingerprint density at radius 1 is 1.18 bits per heavy atom. The summed E-state index contributed by atoms with van der Waals surface area (Å²) >= 11 is 6.89. The molecule has 170 valence electrons. The summed E-state index contributed by atoms with van der Waals surface area (Å²) < 4.78 is 13.7. The lowest BCUT2D eigenvalue weighted by Gasteiger charge is -2.11. The minimum Gasteiger partial charge on any atom is -0.490 e. The van der Waals surface area contributed by atoms with Gasteiger partial charge < -0.3 is 14.8 Å². The minimum absolute atomic E-state index is 0.0822. The molecular formula is C23H23N5O3S2. The van der Waals surface area contributed by atoms with Crippen molar-refractivity contribution in [1.29, 1.82) is 0 Å². The summed E-state index contributed by atoms with van der Waals surface area (Å²) in [4.78, 5) is 17.7. The summed E-state index contributed by atoms with van der Waals surface area (Å²) in [5, 5.41) is 12.0. The van der Waals surface area contributed by atoms with Gasteiger partial charge in [-0.1, -0.05) is 24.3 Å². The Balaban J connectivity index is 1.29. The van der Waals surface area contributed by atoms with Crippen LogP contribution in [0.15, 0.2) is 60.1 Å². The molecule has 2 N–H and O–H groups in total. The van der Waals surface area contributed by atoms with Crippen LogP contribution in [0.5, 0.6) is 17.4 Å². The zero-order valence-corrected chi connectivity index (χ0v) is 19.6. The molecular weight excluding hydrogens is 458 g/mol. The molecule has 0 saturated heterocycles. The Morgan fingerprint density at radius 2 is 2.03 bits per heavy atom. The van der Waals surface area contributed by atoms with E-state index in [0.29, 0.717) is 41.8 Å². The number of para-hydroxylation sites is 2. The van der Waals surface area contributed by atoms with Crippen molar-refractivity contribution in [3.05, 3.63) is 70.4 Å². The van der Waals surface area contributed by atoms with Gasteiger partial charge in [0.1, 0.15) is 0 Å². The molecule has 0 aliphatic rings. The Kier molecular flexibility index (Phi) is 7.48. The number of carbonyl (C=O) groups is 1. The van der Waals surface area contributed by atoms with Crippen LogP contribution < -0.4 is 14.8 Å². The Morgan fingerprint density at radius 3 is 2.76 bits per heavy atom. The number of hydrogen-bond acceptors (Lipinski definition) is 7. The van der Waals surface area contributed by atoms with Crippen molar-refractivity contribution < 1.29 is 14.3 Å². The second-order valence-corrected chi connectivity index (χ2v) is 8.33. The van der Waals surface area contributed by atoms with Crippen molar-refractivity contribution in [3.63, 3.8) is 0 Å². The molecule has 1 amide bonds. The van der Waals surface area contributed by atoms with E-state index in [1.165, 1.54) is 0 Å². The predicted octanol–water partition coefficient (Wildman–Crippen LogP) is 4.96. The van der Waals surface area contributed by atoms with Crippen LogP contribution in [0.25, 0.3) is 10.7 Å². The van der Waals surface area contributed by atoms with E-state index in [-0.39, 0.29) is 12.3 Å². The van der Waals surface area contributed by atoms with Gasteiger partial charge in [-0.15, -0.1) is 11.3 Å². The molecule has 0 unspecified atom stereocenters. The van der Waals surface area contributed by atoms with Gasteiger partial charge in [0.15, 0.2) is 22.1 Å². The molecule has 0 radical (unpaired) electrons. The molecule has 33 heavy (non-hydrogen) atoms. The summed E-state index contributed by atoms with van der Waals surface area (Å²) in [6, 6.07) is 15.0. The molecule has 0 bridgehead atoms. The van der Waals surface area contributed by atoms with Crippen LogP contribution in [0.3, 0.4) is 0 Å². The summed E-state index contributed by atoms with van der Waals surface area (Å²) in [5.41, 5.74) is 0.869. The highest BCUT2D eigenvalue weighted by molar-refractivity contribution is 7.71. The fourth-order valence-electron chi connectivity index (χ4n) is 3.12. The molecule has 1 aromatic carbocycles. The lowest BCUT2D eigenvalue weighted by molar-refractivity contribution is -0.121. The molecule has 0 spiro atoms. The molecule has 0 aliphatic carbocycles. The highest BCUT2D eigenvalue weighted by Gasteiger charge is 2.12. The number of thiophene rings is 1. The molecule has 0 saturated carbocycles. The number of pyridine rings is 1. The van der Waals surface area contributed by atoms with Gasteiger partial charge in [-0.05, 0) is 48.3 Å². The number of aromatic nitrogens is 4. The Labute approximate surface area is 200 Å². The Hall–Kier alpha value is -3.50. The number of H-pyrrole nitrogens is 1. The van der Waals surface area contributed by atoms with E-state index in [2.05, 4.69) is 20.5 Å². The van der Waals surface area contributed by atoms with Crippen molar-refractivity contribution in [1.82, 2.24) is 25.1 Å². The number of hydrogen-bond donors (Lipinski definition) is 2. The minimum atomic E-state index is -0.0822. The zero-order chi connectivity index (χ0) is 23.0. The maximum Gasteiger partial charge on any atom is 0.222 e. The third-order valence-corrected chi connectivity index (χ3v) is 5.89. The topological polar surface area (TPSA) is 94.1 Å². The third kappa shape index (κ3) is 5.85. The normalized spacial score (nSPS) is 10.7. The van der Waals surface area contributed by atoms with E-state index < -0.39 is 0 Å². The number of ether oxygens (including phenoxy) is 2. The summed E-state index contributed by atoms with van der Waals surface area (Å²) in [6.45, 7) is 3.29. The van der Waals surface area contributed by atoms with Crippen LogP contribution in [0.1, 0.15) is 18.9 Å². The van der Waals surface area contributed by atoms with Crippen molar-refractivity contribution >= 4 is 29.5 Å². The van der Waals surface area contributed by atoms with Gasteiger partial charge in [-0.2, -0.15) is 5.10 Å². The molecule has 4 rings (SSSR count). The average molecular weight is 482 g/mol. The Bertz CT molecular complexity index is 1250. The standard InChI is InChI=1S/C23H23N5O3S2/c1-2-30-17-6-3-4-7-18(17)31-21-10-9-16(15-25-21)14-24-20(29)11-12-28-22(26-27-23(28)32)19-8-5-13-33-19/h3-10,13,15H,2,11-12,14H2,1H3,(H,24,29)(H,27,32). The molecule has 10 heteroatoms. The van der Waals surface area contributed by atoms with Crippen LogP contribution in [0, 0.1) is 4.77 Å². The molecule has 0 atom stereocenters. The molecule has 4 aromatic rings. The van der Waals surface area contributed by atoms with Gasteiger partial charge in [0.2, 0.25) is 11.8 Å². The number of nitrogens with zero attached hydrogens (tertiary/aromatic N) is 3. The van der Waals surface area contributed by atoms with Gasteiger partial charge in [0.25, 0.3) is 0 Å². The summed E-state index contributed by atoms with van der Waals surface area (Å²) in [6.07, 6.45) is 1.97. The van der Waals surface area contributed by atoms with Crippen LogP contribution in [0.4, 0.5) is 0 Å². The quantitative estimate of drug-likeness (QED) is 0.311. The summed E-state index contributed by atoms with van der Waals surface area (Å²) in [5.74, 6) is 2.38. The van der Waals surface area contributed by atoms with E-state index >= 15 is 0 Å². The molecule has 3 aromatic heterocycles. The van der Waals surface area contributed by atoms with E-state index in [1.54, 1.807) is 23.6 Å². The van der Waals surface area contributed by atoms with Crippen LogP contribution in [0.2, 0.25) is 0 Å². The third-order valence-electron chi connectivity index (χ3n) is 4.71. The lowest BCUT2D eigenvalue weighted by Crippen LogP contribution is -2.24. The van der Waals surface area contributed by atoms with E-state index in [9.17, 15) is 4.79 Å². The second-order valence-electron chi connectivity index (χ2n) is 6.99. The van der Waals surface area contributed by atoms with Gasteiger partial charge in [-0.3, -0.25) is 14.5 Å². The predicted molar refractivity (Wildman–Crippen MR) is 129 cm³/mol. The maximum absolute atomic E-state index is 12.4. The maximum atomic E-state index is 12.4. The zero-order valence-electron chi connectivity index (χ0n) is 18.0. The summed E-state index contributed by atoms with van der Waals surface area (Å²) in [7, 11) is 0. The monoisotopic (exact) mass is 481 g/mol. The first kappa shape index (κ1) is 22.7. The van der Waals surface area contributed by atoms with Gasteiger partial charge in [0, 0.05) is 31.8 Å². The SMILES string of the molecule is CCOc1ccccc1Oc1ccc(CNC(=O)CCn2c(-c3cccs3)n[nH]c2=S)cn1. The number of nitrogens with one attached hydrogen (secondary N) is 2. The number of amides is 1. The first-order valence-corrected chi connectivity index (χ1v) is 11.7. The lowest BCUT2D eigenvalue weighted by atomic mass is 10.2. The first-order chi connectivity index (χ1) is 16.1. The smallest absolute Gasteiger partial charge is 0.222 e. The van der Waals surface area contributed by atoms with Crippen molar-refractivity contribution in [3.8, 4) is 28.1 Å². The fourth-order valence-corrected chi connectivity index (χ4v) is 4.06. The first-order valence-electron chi connectivity index (χ1n) is 10.4. The van der Waals surface area contributed by atoms with Crippen molar-refractivity contribution in [2.75, 3.05) is 6.61 Å². The number of rotatable bonds is 10. The average Bonchev–Trinajstić information content (AvgIpc) is 3.48. The van der Waals surface area contributed by atoms with Crippen molar-refractivity contribution in [2.24, 2.45) is 0 Å². The molecule has 3 heterocycles. The van der Waals surface area contributed by atoms with Crippen LogP contribution >= 0.6 is 23.6 Å². The van der Waals surface area contributed by atoms with E-state index in [4.69, 9.17) is 21.7 Å². The van der Waals surface area contributed by atoms with Gasteiger partial charge in [0.05, 0.1) is 11.5 Å². The number of benzene rings is 1. The molecule has 0 fully saturated rings. The van der Waals surface area contributed by atoms with Crippen LogP contribution in [-0.4, -0.2) is 32.3 Å². The van der Waals surface area contributed by atoms with Crippen molar-refractivity contribution in [2.45, 2.75) is 26.4 Å². The molecule has 8 nitrogen and oxygen atoms in total. The largest absolute Gasteiger partial charge is 0.490 e. The second kappa shape index (κ2) is 10.9. The van der Waals surface area contributed by atoms with E-state index in [1.807, 2.05) is 59.3 Å². The van der Waals surface area contributed by atoms with Gasteiger partial charge in [-0.25, -0.2) is 4.98 Å². The highest BCUT2D eigenvalue weighted by atomic mass is 32.1. The molecule has 0 aliphatic heterocycles. The van der Waals surface area contributed by atoms with Crippen LogP contribution in [-0.2, 0) is 17.9 Å². The number of aromatic amines is 1. The fraction of sp³-hybridized carbons (Fsp3) is 0.217. The van der Waals surface area contributed by atoms with E-state index in [0.717, 1.165) is 16.3 Å². The van der Waals surface area contributed by atoms with Gasteiger partial charge >= 0.3 is 0 Å².